The van der Waals surface area contributed by atoms with Gasteiger partial charge < -0.3 is 10.5 Å². The number of carbonyl (C=O) groups excluding carboxylic acids is 2. The lowest BCUT2D eigenvalue weighted by atomic mass is 10.1. The highest BCUT2D eigenvalue weighted by Crippen LogP contribution is 2.32. The summed E-state index contributed by atoms with van der Waals surface area (Å²) in [6.07, 6.45) is 2.12. The van der Waals surface area contributed by atoms with E-state index in [1.165, 1.54) is 28.6 Å². The summed E-state index contributed by atoms with van der Waals surface area (Å²) < 4.78 is 32.8. The molecule has 33 heavy (non-hydrogen) atoms. The standard InChI is InChI=1S/C25H22N2O5S/c26-25(29)24(20-7-2-1-3-8-20)32-23(28)15-12-18-10-13-21(14-11-18)33(30,31)27-17-16-19-6-4-5-9-22(19)27/h1-15,24H,16-17H2,(H2,26,29)/b15-12+. The smallest absolute Gasteiger partial charge is 0.331 e. The molecule has 0 fully saturated rings. The molecule has 0 aromatic heterocycles. The van der Waals surface area contributed by atoms with Crippen LogP contribution in [0.1, 0.15) is 22.8 Å². The number of ether oxygens (including phenoxy) is 1. The summed E-state index contributed by atoms with van der Waals surface area (Å²) in [5, 5.41) is 0. The molecule has 168 valence electrons. The topological polar surface area (TPSA) is 107 Å². The van der Waals surface area contributed by atoms with Crippen molar-refractivity contribution in [1.29, 1.82) is 0 Å². The Morgan fingerprint density at radius 3 is 2.30 bits per heavy atom. The maximum Gasteiger partial charge on any atom is 0.331 e. The minimum Gasteiger partial charge on any atom is -0.444 e. The molecule has 1 aliphatic rings. The van der Waals surface area contributed by atoms with Gasteiger partial charge in [0, 0.05) is 18.2 Å². The van der Waals surface area contributed by atoms with Crippen molar-refractivity contribution in [3.63, 3.8) is 0 Å². The third kappa shape index (κ3) is 4.80. The molecule has 3 aromatic rings. The summed E-state index contributed by atoms with van der Waals surface area (Å²) in [4.78, 5) is 24.1. The zero-order valence-electron chi connectivity index (χ0n) is 17.6. The fraction of sp³-hybridized carbons (Fsp3) is 0.120. The maximum absolute atomic E-state index is 13.1. The van der Waals surface area contributed by atoms with Gasteiger partial charge in [-0.1, -0.05) is 60.7 Å². The third-order valence-corrected chi connectivity index (χ3v) is 7.15. The minimum atomic E-state index is -3.69. The lowest BCUT2D eigenvalue weighted by molar-refractivity contribution is -0.150. The largest absolute Gasteiger partial charge is 0.444 e. The number of sulfonamides is 1. The van der Waals surface area contributed by atoms with Gasteiger partial charge in [0.25, 0.3) is 15.9 Å². The van der Waals surface area contributed by atoms with Crippen LogP contribution in [-0.4, -0.2) is 26.8 Å². The van der Waals surface area contributed by atoms with Gasteiger partial charge in [0.2, 0.25) is 6.10 Å². The van der Waals surface area contributed by atoms with Crippen LogP contribution in [0.3, 0.4) is 0 Å². The second kappa shape index (κ2) is 9.30. The molecule has 8 heteroatoms. The summed E-state index contributed by atoms with van der Waals surface area (Å²) in [6.45, 7) is 0.400. The van der Waals surface area contributed by atoms with Crippen molar-refractivity contribution in [2.45, 2.75) is 17.4 Å². The number of carbonyl (C=O) groups is 2. The van der Waals surface area contributed by atoms with Crippen LogP contribution in [0.15, 0.2) is 89.8 Å². The number of hydrogen-bond acceptors (Lipinski definition) is 5. The number of nitrogens with two attached hydrogens (primary N) is 1. The molecule has 0 bridgehead atoms. The Balaban J connectivity index is 1.45. The zero-order valence-corrected chi connectivity index (χ0v) is 18.4. The molecule has 1 heterocycles. The Kier molecular flexibility index (Phi) is 6.28. The second-order valence-electron chi connectivity index (χ2n) is 7.49. The number of rotatable bonds is 7. The number of benzene rings is 3. The van der Waals surface area contributed by atoms with E-state index in [0.717, 1.165) is 5.56 Å². The quantitative estimate of drug-likeness (QED) is 0.429. The van der Waals surface area contributed by atoms with Gasteiger partial charge in [0.15, 0.2) is 0 Å². The van der Waals surface area contributed by atoms with E-state index in [-0.39, 0.29) is 4.90 Å². The van der Waals surface area contributed by atoms with E-state index < -0.39 is 28.0 Å². The highest BCUT2D eigenvalue weighted by atomic mass is 32.2. The Morgan fingerprint density at radius 1 is 0.939 bits per heavy atom. The first-order chi connectivity index (χ1) is 15.9. The Hall–Kier alpha value is -3.91. The van der Waals surface area contributed by atoms with Gasteiger partial charge in [0.1, 0.15) is 0 Å². The van der Waals surface area contributed by atoms with E-state index in [4.69, 9.17) is 10.5 Å². The number of primary amides is 1. The Bertz CT molecular complexity index is 1300. The Morgan fingerprint density at radius 2 is 1.61 bits per heavy atom. The number of hydrogen-bond donors (Lipinski definition) is 1. The van der Waals surface area contributed by atoms with Crippen LogP contribution in [0.25, 0.3) is 6.08 Å². The van der Waals surface area contributed by atoms with Crippen LogP contribution in [0.4, 0.5) is 5.69 Å². The van der Waals surface area contributed by atoms with Crippen LogP contribution in [-0.2, 0) is 30.8 Å². The summed E-state index contributed by atoms with van der Waals surface area (Å²) >= 11 is 0. The van der Waals surface area contributed by atoms with Crippen LogP contribution in [0.5, 0.6) is 0 Å². The minimum absolute atomic E-state index is 0.164. The number of fused-ring (bicyclic) bond motifs is 1. The first kappa shape index (κ1) is 22.3. The molecular weight excluding hydrogens is 440 g/mol. The van der Waals surface area contributed by atoms with E-state index in [1.54, 1.807) is 48.5 Å². The first-order valence-corrected chi connectivity index (χ1v) is 11.7. The van der Waals surface area contributed by atoms with Gasteiger partial charge in [-0.2, -0.15) is 0 Å². The van der Waals surface area contributed by atoms with E-state index >= 15 is 0 Å². The molecule has 1 atom stereocenters. The molecular formula is C25H22N2O5S. The van der Waals surface area contributed by atoms with E-state index in [0.29, 0.717) is 29.8 Å². The van der Waals surface area contributed by atoms with Gasteiger partial charge in [-0.05, 0) is 41.8 Å². The highest BCUT2D eigenvalue weighted by molar-refractivity contribution is 7.92. The second-order valence-corrected chi connectivity index (χ2v) is 9.35. The third-order valence-electron chi connectivity index (χ3n) is 5.32. The number of esters is 1. The van der Waals surface area contributed by atoms with Gasteiger partial charge in [0.05, 0.1) is 10.6 Å². The number of para-hydroxylation sites is 1. The number of anilines is 1. The lowest BCUT2D eigenvalue weighted by Gasteiger charge is -2.19. The number of nitrogens with zero attached hydrogens (tertiary/aromatic N) is 1. The summed E-state index contributed by atoms with van der Waals surface area (Å²) in [5.41, 5.74) is 8.14. The molecule has 0 aliphatic carbocycles. The lowest BCUT2D eigenvalue weighted by Crippen LogP contribution is -2.29. The summed E-state index contributed by atoms with van der Waals surface area (Å²) in [7, 11) is -3.69. The molecule has 1 unspecified atom stereocenters. The molecule has 7 nitrogen and oxygen atoms in total. The maximum atomic E-state index is 13.1. The molecule has 4 rings (SSSR count). The molecule has 0 saturated heterocycles. The molecule has 1 amide bonds. The van der Waals surface area contributed by atoms with E-state index in [2.05, 4.69) is 0 Å². The van der Waals surface area contributed by atoms with Crippen LogP contribution in [0, 0.1) is 0 Å². The fourth-order valence-electron chi connectivity index (χ4n) is 3.67. The van der Waals surface area contributed by atoms with Gasteiger partial charge in [-0.25, -0.2) is 13.2 Å². The molecule has 0 radical (unpaired) electrons. The van der Waals surface area contributed by atoms with Gasteiger partial charge in [-0.3, -0.25) is 9.10 Å². The number of amides is 1. The fourth-order valence-corrected chi connectivity index (χ4v) is 5.18. The van der Waals surface area contributed by atoms with Crippen molar-refractivity contribution >= 4 is 33.7 Å². The van der Waals surface area contributed by atoms with Crippen LogP contribution < -0.4 is 10.0 Å². The Labute approximate surface area is 192 Å². The van der Waals surface area contributed by atoms with Crippen molar-refractivity contribution in [3.05, 3.63) is 102 Å². The van der Waals surface area contributed by atoms with Crippen molar-refractivity contribution in [2.75, 3.05) is 10.8 Å². The summed E-state index contributed by atoms with van der Waals surface area (Å²) in [5.74, 6) is -1.52. The predicted molar refractivity (Wildman–Crippen MR) is 125 cm³/mol. The van der Waals surface area contributed by atoms with Crippen molar-refractivity contribution < 1.29 is 22.7 Å². The molecule has 2 N–H and O–H groups in total. The van der Waals surface area contributed by atoms with Crippen LogP contribution >= 0.6 is 0 Å². The molecule has 3 aromatic carbocycles. The highest BCUT2D eigenvalue weighted by Gasteiger charge is 2.30. The summed E-state index contributed by atoms with van der Waals surface area (Å²) in [6, 6.07) is 22.1. The normalized spacial score (nSPS) is 14.1. The average Bonchev–Trinajstić information content (AvgIpc) is 3.27. The zero-order chi connectivity index (χ0) is 23.4. The first-order valence-electron chi connectivity index (χ1n) is 10.3. The monoisotopic (exact) mass is 462 g/mol. The van der Waals surface area contributed by atoms with Crippen LogP contribution in [0.2, 0.25) is 0 Å². The predicted octanol–water partition coefficient (Wildman–Crippen LogP) is 3.22. The van der Waals surface area contributed by atoms with E-state index in [9.17, 15) is 18.0 Å². The van der Waals surface area contributed by atoms with Crippen molar-refractivity contribution in [3.8, 4) is 0 Å². The average molecular weight is 463 g/mol. The SMILES string of the molecule is NC(=O)C(OC(=O)/C=C/c1ccc(S(=O)(=O)N2CCc3ccccc32)cc1)c1ccccc1. The molecule has 1 aliphatic heterocycles. The van der Waals surface area contributed by atoms with Gasteiger partial charge in [-0.15, -0.1) is 0 Å². The van der Waals surface area contributed by atoms with Crippen molar-refractivity contribution in [2.24, 2.45) is 5.73 Å². The van der Waals surface area contributed by atoms with Crippen molar-refractivity contribution in [1.82, 2.24) is 0 Å². The van der Waals surface area contributed by atoms with E-state index in [1.807, 2.05) is 18.2 Å². The molecule has 0 saturated carbocycles. The molecule has 0 spiro atoms. The van der Waals surface area contributed by atoms with Gasteiger partial charge >= 0.3 is 5.97 Å².